The highest BCUT2D eigenvalue weighted by molar-refractivity contribution is 5.00. The molecule has 1 aliphatic heterocycles. The lowest BCUT2D eigenvalue weighted by atomic mass is 9.73. The van der Waals surface area contributed by atoms with E-state index in [1.165, 1.54) is 38.5 Å². The van der Waals surface area contributed by atoms with Crippen LogP contribution in [0.1, 0.15) is 73.1 Å². The second kappa shape index (κ2) is 5.73. The van der Waals surface area contributed by atoms with Crippen LogP contribution >= 0.6 is 0 Å². The lowest BCUT2D eigenvalue weighted by Crippen LogP contribution is -2.46. The molecule has 0 bridgehead atoms. The Morgan fingerprint density at radius 1 is 1.21 bits per heavy atom. The van der Waals surface area contributed by atoms with E-state index in [2.05, 4.69) is 39.9 Å². The maximum atomic E-state index is 6.30. The molecule has 0 aromatic carbocycles. The van der Waals surface area contributed by atoms with Crippen LogP contribution in [0.15, 0.2) is 0 Å². The summed E-state index contributed by atoms with van der Waals surface area (Å²) < 4.78 is 6.30. The van der Waals surface area contributed by atoms with Crippen molar-refractivity contribution in [2.45, 2.75) is 90.4 Å². The van der Waals surface area contributed by atoms with Crippen molar-refractivity contribution in [3.05, 3.63) is 0 Å². The Labute approximate surface area is 119 Å². The third-order valence-corrected chi connectivity index (χ3v) is 5.10. The van der Waals surface area contributed by atoms with Gasteiger partial charge in [-0.2, -0.15) is 0 Å². The molecule has 1 heterocycles. The molecule has 0 amide bonds. The first-order valence-electron chi connectivity index (χ1n) is 8.27. The van der Waals surface area contributed by atoms with Crippen molar-refractivity contribution < 1.29 is 4.74 Å². The third-order valence-electron chi connectivity index (χ3n) is 5.10. The number of nitrogens with one attached hydrogen (secondary N) is 1. The molecule has 0 aromatic rings. The van der Waals surface area contributed by atoms with E-state index >= 15 is 0 Å². The van der Waals surface area contributed by atoms with Gasteiger partial charge in [0.15, 0.2) is 0 Å². The molecular weight excluding hydrogens is 234 g/mol. The van der Waals surface area contributed by atoms with Crippen molar-refractivity contribution in [3.63, 3.8) is 0 Å². The highest BCUT2D eigenvalue weighted by Crippen LogP contribution is 2.45. The van der Waals surface area contributed by atoms with Crippen molar-refractivity contribution in [2.24, 2.45) is 11.8 Å². The van der Waals surface area contributed by atoms with Gasteiger partial charge in [0.2, 0.25) is 0 Å². The molecule has 0 spiro atoms. The quantitative estimate of drug-likeness (QED) is 0.781. The predicted molar refractivity (Wildman–Crippen MR) is 81.4 cm³/mol. The minimum Gasteiger partial charge on any atom is -0.369 e. The fourth-order valence-corrected chi connectivity index (χ4v) is 4.04. The molecule has 2 rings (SSSR count). The fourth-order valence-electron chi connectivity index (χ4n) is 4.04. The van der Waals surface area contributed by atoms with Gasteiger partial charge in [0, 0.05) is 12.0 Å². The van der Waals surface area contributed by atoms with E-state index < -0.39 is 0 Å². The fraction of sp³-hybridized carbons (Fsp3) is 1.00. The molecule has 112 valence electrons. The molecule has 1 saturated heterocycles. The van der Waals surface area contributed by atoms with E-state index in [0.717, 1.165) is 12.5 Å². The van der Waals surface area contributed by atoms with Gasteiger partial charge in [-0.1, -0.05) is 26.2 Å². The lowest BCUT2D eigenvalue weighted by Gasteiger charge is -2.37. The average Bonchev–Trinajstić information content (AvgIpc) is 2.44. The Balaban J connectivity index is 2.03. The minimum atomic E-state index is 0.0126. The zero-order chi connectivity index (χ0) is 14.1. The van der Waals surface area contributed by atoms with Gasteiger partial charge < -0.3 is 10.1 Å². The first-order valence-corrected chi connectivity index (χ1v) is 8.27. The number of ether oxygens (including phenoxy) is 1. The van der Waals surface area contributed by atoms with Crippen molar-refractivity contribution in [1.29, 1.82) is 0 Å². The van der Waals surface area contributed by atoms with E-state index in [1.54, 1.807) is 0 Å². The van der Waals surface area contributed by atoms with E-state index in [9.17, 15) is 0 Å². The van der Waals surface area contributed by atoms with Crippen LogP contribution in [0.2, 0.25) is 0 Å². The van der Waals surface area contributed by atoms with E-state index in [1.807, 2.05) is 0 Å². The molecule has 2 atom stereocenters. The molecule has 0 radical (unpaired) electrons. The summed E-state index contributed by atoms with van der Waals surface area (Å²) in [6.45, 7) is 12.5. The molecule has 0 aromatic heterocycles. The van der Waals surface area contributed by atoms with Crippen molar-refractivity contribution in [2.75, 3.05) is 6.54 Å². The summed E-state index contributed by atoms with van der Waals surface area (Å²) in [7, 11) is 0. The molecule has 2 unspecified atom stereocenters. The summed E-state index contributed by atoms with van der Waals surface area (Å²) in [5, 5.41) is 3.82. The van der Waals surface area contributed by atoms with Crippen LogP contribution in [-0.4, -0.2) is 23.8 Å². The van der Waals surface area contributed by atoms with Gasteiger partial charge in [0.1, 0.15) is 0 Å². The van der Waals surface area contributed by atoms with Gasteiger partial charge in [-0.3, -0.25) is 0 Å². The molecular formula is C17H33NO. The van der Waals surface area contributed by atoms with Crippen molar-refractivity contribution in [1.82, 2.24) is 5.32 Å². The summed E-state index contributed by atoms with van der Waals surface area (Å²) in [5.74, 6) is 1.61. The summed E-state index contributed by atoms with van der Waals surface area (Å²) in [5.41, 5.74) is 0.0541. The summed E-state index contributed by atoms with van der Waals surface area (Å²) in [6.07, 6.45) is 8.10. The number of hydrogen-bond acceptors (Lipinski definition) is 2. The molecule has 2 fully saturated rings. The highest BCUT2D eigenvalue weighted by Gasteiger charge is 2.49. The van der Waals surface area contributed by atoms with E-state index in [-0.39, 0.29) is 11.2 Å². The molecule has 2 heteroatoms. The second-order valence-corrected chi connectivity index (χ2v) is 7.87. The van der Waals surface area contributed by atoms with Gasteiger partial charge in [-0.25, -0.2) is 0 Å². The summed E-state index contributed by atoms with van der Waals surface area (Å²) >= 11 is 0. The van der Waals surface area contributed by atoms with Gasteiger partial charge in [0.25, 0.3) is 0 Å². The van der Waals surface area contributed by atoms with Crippen molar-refractivity contribution >= 4 is 0 Å². The standard InChI is InChI=1S/C17H33NO/c1-6-10-18-15(11-13-8-7-9-13)14-12-16(2,3)19-17(14,4)5/h13-15,18H,6-12H2,1-5H3. The van der Waals surface area contributed by atoms with Crippen LogP contribution in [0.25, 0.3) is 0 Å². The lowest BCUT2D eigenvalue weighted by molar-refractivity contribution is -0.0786. The molecule has 1 saturated carbocycles. The molecule has 2 nitrogen and oxygen atoms in total. The van der Waals surface area contributed by atoms with Crippen LogP contribution in [0.5, 0.6) is 0 Å². The maximum Gasteiger partial charge on any atom is 0.0677 e. The third kappa shape index (κ3) is 3.72. The summed E-state index contributed by atoms with van der Waals surface area (Å²) in [6, 6.07) is 0.641. The summed E-state index contributed by atoms with van der Waals surface area (Å²) in [4.78, 5) is 0. The Morgan fingerprint density at radius 3 is 2.32 bits per heavy atom. The normalized spacial score (nSPS) is 31.1. The van der Waals surface area contributed by atoms with Crippen LogP contribution in [0.3, 0.4) is 0 Å². The van der Waals surface area contributed by atoms with Crippen molar-refractivity contribution in [3.8, 4) is 0 Å². The van der Waals surface area contributed by atoms with E-state index in [0.29, 0.717) is 12.0 Å². The first-order chi connectivity index (χ1) is 8.84. The molecule has 1 N–H and O–H groups in total. The monoisotopic (exact) mass is 267 g/mol. The minimum absolute atomic E-state index is 0.0126. The molecule has 2 aliphatic rings. The largest absolute Gasteiger partial charge is 0.369 e. The maximum absolute atomic E-state index is 6.30. The van der Waals surface area contributed by atoms with Crippen LogP contribution < -0.4 is 5.32 Å². The number of hydrogen-bond donors (Lipinski definition) is 1. The van der Waals surface area contributed by atoms with Crippen LogP contribution in [-0.2, 0) is 4.74 Å². The second-order valence-electron chi connectivity index (χ2n) is 7.87. The van der Waals surface area contributed by atoms with Crippen LogP contribution in [0, 0.1) is 11.8 Å². The zero-order valence-electron chi connectivity index (χ0n) is 13.6. The van der Waals surface area contributed by atoms with Gasteiger partial charge in [-0.15, -0.1) is 0 Å². The smallest absolute Gasteiger partial charge is 0.0677 e. The zero-order valence-corrected chi connectivity index (χ0v) is 13.6. The average molecular weight is 267 g/mol. The topological polar surface area (TPSA) is 21.3 Å². The molecule has 19 heavy (non-hydrogen) atoms. The van der Waals surface area contributed by atoms with Gasteiger partial charge >= 0.3 is 0 Å². The Morgan fingerprint density at radius 2 is 1.89 bits per heavy atom. The van der Waals surface area contributed by atoms with E-state index in [4.69, 9.17) is 4.74 Å². The van der Waals surface area contributed by atoms with Gasteiger partial charge in [0.05, 0.1) is 11.2 Å². The van der Waals surface area contributed by atoms with Crippen LogP contribution in [0.4, 0.5) is 0 Å². The Hall–Kier alpha value is -0.0800. The Bertz CT molecular complexity index is 294. The SMILES string of the molecule is CCCNC(CC1CCC1)C1CC(C)(C)OC1(C)C. The Kier molecular flexibility index (Phi) is 4.62. The van der Waals surface area contributed by atoms with Gasteiger partial charge in [-0.05, 0) is 59.4 Å². The first kappa shape index (κ1) is 15.3. The highest BCUT2D eigenvalue weighted by atomic mass is 16.5. The molecule has 1 aliphatic carbocycles. The predicted octanol–water partition coefficient (Wildman–Crippen LogP) is 4.14. The number of rotatable bonds is 6.